The maximum absolute atomic E-state index is 4.87. The van der Waals surface area contributed by atoms with Gasteiger partial charge < -0.3 is 0 Å². The smallest absolute Gasteiger partial charge is 0.0198 e. The number of rotatable bonds is 0. The van der Waals surface area contributed by atoms with Gasteiger partial charge in [0.1, 0.15) is 0 Å². The molecule has 0 aliphatic rings. The highest BCUT2D eigenvalue weighted by molar-refractivity contribution is 7.80. The first-order chi connectivity index (χ1) is 11.3. The van der Waals surface area contributed by atoms with Crippen LogP contribution >= 0.6 is 12.6 Å². The Hall–Kier alpha value is -2.51. The molecule has 5 aromatic rings. The second-order valence-electron chi connectivity index (χ2n) is 6.07. The molecule has 23 heavy (non-hydrogen) atoms. The zero-order chi connectivity index (χ0) is 15.4. The molecule has 0 atom stereocenters. The Balaban J connectivity index is 1.99. The van der Waals surface area contributed by atoms with Gasteiger partial charge in [0.05, 0.1) is 0 Å². The van der Waals surface area contributed by atoms with Crippen LogP contribution in [0.4, 0.5) is 0 Å². The van der Waals surface area contributed by atoms with Gasteiger partial charge >= 0.3 is 0 Å². The Bertz CT molecular complexity index is 1120. The summed E-state index contributed by atoms with van der Waals surface area (Å²) in [6, 6.07) is 28.3. The van der Waals surface area contributed by atoms with Crippen molar-refractivity contribution in [2.24, 2.45) is 0 Å². The van der Waals surface area contributed by atoms with Crippen molar-refractivity contribution in [2.75, 3.05) is 0 Å². The third kappa shape index (κ3) is 1.94. The third-order valence-corrected chi connectivity index (χ3v) is 5.14. The van der Waals surface area contributed by atoms with Crippen molar-refractivity contribution in [2.45, 2.75) is 4.90 Å². The van der Waals surface area contributed by atoms with Crippen LogP contribution in [0.25, 0.3) is 43.1 Å². The van der Waals surface area contributed by atoms with Gasteiger partial charge in [-0.15, -0.1) is 12.6 Å². The Labute approximate surface area is 139 Å². The van der Waals surface area contributed by atoms with E-state index in [9.17, 15) is 0 Å². The zero-order valence-corrected chi connectivity index (χ0v) is 13.3. The lowest BCUT2D eigenvalue weighted by Crippen LogP contribution is -1.83. The van der Waals surface area contributed by atoms with E-state index in [2.05, 4.69) is 78.9 Å². The van der Waals surface area contributed by atoms with E-state index in [0.717, 1.165) is 4.90 Å². The van der Waals surface area contributed by atoms with Gasteiger partial charge in [-0.3, -0.25) is 0 Å². The van der Waals surface area contributed by atoms with Crippen molar-refractivity contribution >= 4 is 55.7 Å². The molecule has 0 aliphatic carbocycles. The van der Waals surface area contributed by atoms with Crippen molar-refractivity contribution < 1.29 is 0 Å². The van der Waals surface area contributed by atoms with E-state index in [-0.39, 0.29) is 0 Å². The van der Waals surface area contributed by atoms with Crippen LogP contribution in [-0.2, 0) is 0 Å². The normalized spacial score (nSPS) is 11.7. The lowest BCUT2D eigenvalue weighted by Gasteiger charge is -2.10. The monoisotopic (exact) mass is 310 g/mol. The average Bonchev–Trinajstić information content (AvgIpc) is 2.59. The minimum atomic E-state index is 1.06. The topological polar surface area (TPSA) is 0 Å². The molecule has 0 saturated heterocycles. The summed E-state index contributed by atoms with van der Waals surface area (Å²) in [5, 5.41) is 9.99. The van der Waals surface area contributed by atoms with Crippen LogP contribution in [0.1, 0.15) is 0 Å². The molecule has 108 valence electrons. The summed E-state index contributed by atoms with van der Waals surface area (Å²) in [6.45, 7) is 0. The molecule has 0 spiro atoms. The van der Waals surface area contributed by atoms with Gasteiger partial charge in [0.15, 0.2) is 0 Å². The summed E-state index contributed by atoms with van der Waals surface area (Å²) < 4.78 is 0. The van der Waals surface area contributed by atoms with E-state index in [1.807, 2.05) is 0 Å². The first kappa shape index (κ1) is 13.0. The van der Waals surface area contributed by atoms with Crippen molar-refractivity contribution in [3.63, 3.8) is 0 Å². The predicted molar refractivity (Wildman–Crippen MR) is 104 cm³/mol. The number of benzene rings is 5. The molecule has 1 heteroatoms. The second kappa shape index (κ2) is 4.74. The second-order valence-corrected chi connectivity index (χ2v) is 6.51. The Kier molecular flexibility index (Phi) is 2.67. The molecule has 0 bridgehead atoms. The number of hydrogen-bond acceptors (Lipinski definition) is 1. The van der Waals surface area contributed by atoms with Crippen molar-refractivity contribution in [1.29, 1.82) is 0 Å². The van der Waals surface area contributed by atoms with Crippen LogP contribution in [0.2, 0.25) is 0 Å². The fourth-order valence-corrected chi connectivity index (χ4v) is 3.86. The Morgan fingerprint density at radius 3 is 1.22 bits per heavy atom. The molecule has 0 saturated carbocycles. The third-order valence-electron chi connectivity index (χ3n) is 4.66. The standard InChI is InChI=1S/C22H14S/c23-22-20-12-16-7-3-1-5-14(16)9-18(20)11-19-10-15-6-2-4-8-17(15)13-21(19)22/h1-13,23H. The van der Waals surface area contributed by atoms with E-state index in [1.165, 1.54) is 43.1 Å². The molecule has 0 unspecified atom stereocenters. The lowest BCUT2D eigenvalue weighted by atomic mass is 9.97. The highest BCUT2D eigenvalue weighted by Gasteiger charge is 2.07. The van der Waals surface area contributed by atoms with Crippen LogP contribution in [0.5, 0.6) is 0 Å². The number of thiol groups is 1. The quantitative estimate of drug-likeness (QED) is 0.242. The average molecular weight is 310 g/mol. The van der Waals surface area contributed by atoms with Crippen molar-refractivity contribution in [3.05, 3.63) is 78.9 Å². The molecule has 0 fully saturated rings. The van der Waals surface area contributed by atoms with E-state index in [1.54, 1.807) is 0 Å². The predicted octanol–water partition coefficient (Wildman–Crippen LogP) is 6.59. The Morgan fingerprint density at radius 1 is 0.435 bits per heavy atom. The minimum absolute atomic E-state index is 1.06. The molecular formula is C22H14S. The van der Waals surface area contributed by atoms with Gasteiger partial charge in [-0.05, 0) is 73.4 Å². The maximum atomic E-state index is 4.87. The van der Waals surface area contributed by atoms with Crippen LogP contribution < -0.4 is 0 Å². The Morgan fingerprint density at radius 2 is 0.783 bits per heavy atom. The van der Waals surface area contributed by atoms with Crippen molar-refractivity contribution in [1.82, 2.24) is 0 Å². The largest absolute Gasteiger partial charge is 0.142 e. The van der Waals surface area contributed by atoms with Crippen LogP contribution in [0.15, 0.2) is 83.8 Å². The van der Waals surface area contributed by atoms with Crippen LogP contribution in [0.3, 0.4) is 0 Å². The first-order valence-electron chi connectivity index (χ1n) is 7.77. The molecule has 0 nitrogen and oxygen atoms in total. The summed E-state index contributed by atoms with van der Waals surface area (Å²) >= 11 is 4.87. The fraction of sp³-hybridized carbons (Fsp3) is 0. The van der Waals surface area contributed by atoms with Gasteiger partial charge in [-0.25, -0.2) is 0 Å². The number of fused-ring (bicyclic) bond motifs is 4. The molecule has 0 N–H and O–H groups in total. The van der Waals surface area contributed by atoms with Gasteiger partial charge in [0.2, 0.25) is 0 Å². The molecule has 0 amide bonds. The maximum Gasteiger partial charge on any atom is 0.0198 e. The van der Waals surface area contributed by atoms with Crippen LogP contribution in [-0.4, -0.2) is 0 Å². The summed E-state index contributed by atoms with van der Waals surface area (Å²) in [5.74, 6) is 0. The molecule has 0 radical (unpaired) electrons. The highest BCUT2D eigenvalue weighted by Crippen LogP contribution is 2.35. The van der Waals surface area contributed by atoms with E-state index in [0.29, 0.717) is 0 Å². The molecule has 5 rings (SSSR count). The molecule has 0 heterocycles. The van der Waals surface area contributed by atoms with E-state index >= 15 is 0 Å². The first-order valence-corrected chi connectivity index (χ1v) is 8.21. The number of hydrogen-bond donors (Lipinski definition) is 1. The summed E-state index contributed by atoms with van der Waals surface area (Å²) in [5.41, 5.74) is 0. The fourth-order valence-electron chi connectivity index (χ4n) is 3.48. The minimum Gasteiger partial charge on any atom is -0.142 e. The van der Waals surface area contributed by atoms with Gasteiger partial charge in [-0.2, -0.15) is 0 Å². The summed E-state index contributed by atoms with van der Waals surface area (Å²) in [4.78, 5) is 1.06. The van der Waals surface area contributed by atoms with Gasteiger partial charge in [0.25, 0.3) is 0 Å². The molecule has 0 aromatic heterocycles. The van der Waals surface area contributed by atoms with Gasteiger partial charge in [0, 0.05) is 4.90 Å². The lowest BCUT2D eigenvalue weighted by molar-refractivity contribution is 1.66. The zero-order valence-electron chi connectivity index (χ0n) is 12.5. The van der Waals surface area contributed by atoms with E-state index in [4.69, 9.17) is 12.6 Å². The summed E-state index contributed by atoms with van der Waals surface area (Å²) in [6.07, 6.45) is 0. The SMILES string of the molecule is Sc1c2cc3ccccc3cc2cc2cc3ccccc3cc12. The molecule has 0 aliphatic heterocycles. The van der Waals surface area contributed by atoms with Crippen LogP contribution in [0, 0.1) is 0 Å². The highest BCUT2D eigenvalue weighted by atomic mass is 32.1. The molecule has 5 aromatic carbocycles. The van der Waals surface area contributed by atoms with Crippen molar-refractivity contribution in [3.8, 4) is 0 Å². The summed E-state index contributed by atoms with van der Waals surface area (Å²) in [7, 11) is 0. The molecular weight excluding hydrogens is 296 g/mol. The van der Waals surface area contributed by atoms with Gasteiger partial charge in [-0.1, -0.05) is 48.5 Å². The van der Waals surface area contributed by atoms with E-state index < -0.39 is 0 Å².